The van der Waals surface area contributed by atoms with Gasteiger partial charge in [0.25, 0.3) is 0 Å². The molecular weight excluding hydrogens is 250 g/mol. The second-order valence-corrected chi connectivity index (χ2v) is 5.29. The van der Waals surface area contributed by atoms with Crippen molar-refractivity contribution in [3.63, 3.8) is 0 Å². The first-order valence-electron chi connectivity index (χ1n) is 5.91. The first kappa shape index (κ1) is 13.0. The van der Waals surface area contributed by atoms with Crippen LogP contribution in [-0.4, -0.2) is 37.0 Å². The van der Waals surface area contributed by atoms with Gasteiger partial charge in [0, 0.05) is 23.4 Å². The highest BCUT2D eigenvalue weighted by Crippen LogP contribution is 2.31. The molecule has 1 aliphatic heterocycles. The standard InChI is InChI=1S/C12H17N3O2S/c1-3-8-4-5-9(18-8)10-11(13)14-12(16)15(10)6-7-17-2/h4-5,10H,3,6-7H2,1-2H3,(H2,13,14,16). The number of ether oxygens (including phenoxy) is 1. The maximum atomic E-state index is 11.8. The van der Waals surface area contributed by atoms with Gasteiger partial charge in [-0.05, 0) is 18.6 Å². The molecule has 0 aliphatic carbocycles. The number of carbonyl (C=O) groups is 1. The van der Waals surface area contributed by atoms with Crippen molar-refractivity contribution >= 4 is 23.2 Å². The van der Waals surface area contributed by atoms with Crippen LogP contribution >= 0.6 is 11.3 Å². The third-order valence-corrected chi connectivity index (χ3v) is 4.21. The van der Waals surface area contributed by atoms with E-state index in [1.165, 1.54) is 4.88 Å². The van der Waals surface area contributed by atoms with E-state index < -0.39 is 0 Å². The van der Waals surface area contributed by atoms with E-state index in [-0.39, 0.29) is 17.9 Å². The lowest BCUT2D eigenvalue weighted by molar-refractivity contribution is 0.151. The fraction of sp³-hybridized carbons (Fsp3) is 0.500. The van der Waals surface area contributed by atoms with Crippen molar-refractivity contribution in [1.29, 1.82) is 5.41 Å². The zero-order valence-electron chi connectivity index (χ0n) is 10.5. The van der Waals surface area contributed by atoms with Crippen LogP contribution in [0.3, 0.4) is 0 Å². The molecule has 5 nitrogen and oxygen atoms in total. The van der Waals surface area contributed by atoms with Gasteiger partial charge in [-0.1, -0.05) is 6.92 Å². The number of urea groups is 1. The number of hydrogen-bond acceptors (Lipinski definition) is 4. The van der Waals surface area contributed by atoms with E-state index in [1.807, 2.05) is 6.07 Å². The molecule has 1 aliphatic rings. The first-order valence-corrected chi connectivity index (χ1v) is 6.72. The van der Waals surface area contributed by atoms with E-state index in [0.29, 0.717) is 13.2 Å². The van der Waals surface area contributed by atoms with Crippen LogP contribution in [0.25, 0.3) is 0 Å². The zero-order chi connectivity index (χ0) is 13.1. The van der Waals surface area contributed by atoms with Crippen LogP contribution in [0.5, 0.6) is 0 Å². The number of nitrogens with one attached hydrogen (secondary N) is 2. The second kappa shape index (κ2) is 5.49. The lowest BCUT2D eigenvalue weighted by atomic mass is 10.2. The largest absolute Gasteiger partial charge is 0.383 e. The normalized spacial score (nSPS) is 19.4. The Morgan fingerprint density at radius 3 is 2.94 bits per heavy atom. The molecule has 0 saturated carbocycles. The van der Waals surface area contributed by atoms with Crippen molar-refractivity contribution < 1.29 is 9.53 Å². The predicted molar refractivity (Wildman–Crippen MR) is 71.3 cm³/mol. The number of amides is 2. The summed E-state index contributed by atoms with van der Waals surface area (Å²) in [6.45, 7) is 3.07. The van der Waals surface area contributed by atoms with E-state index in [0.717, 1.165) is 11.3 Å². The molecule has 1 unspecified atom stereocenters. The van der Waals surface area contributed by atoms with E-state index in [1.54, 1.807) is 23.3 Å². The summed E-state index contributed by atoms with van der Waals surface area (Å²) in [5.41, 5.74) is 0. The lowest BCUT2D eigenvalue weighted by Crippen LogP contribution is -2.32. The van der Waals surface area contributed by atoms with Gasteiger partial charge >= 0.3 is 6.03 Å². The molecular formula is C12H17N3O2S. The van der Waals surface area contributed by atoms with Crippen molar-refractivity contribution in [2.24, 2.45) is 0 Å². The minimum atomic E-state index is -0.280. The highest BCUT2D eigenvalue weighted by molar-refractivity contribution is 7.12. The SMILES string of the molecule is CCc1ccc(C2C(=N)NC(=O)N2CCOC)s1. The molecule has 0 spiro atoms. The Bertz CT molecular complexity index is 458. The number of aryl methyl sites for hydroxylation is 1. The summed E-state index contributed by atoms with van der Waals surface area (Å²) >= 11 is 1.66. The van der Waals surface area contributed by atoms with Crippen molar-refractivity contribution in [1.82, 2.24) is 10.2 Å². The number of thiophene rings is 1. The molecule has 0 aromatic carbocycles. The quantitative estimate of drug-likeness (QED) is 0.857. The number of rotatable bonds is 5. The van der Waals surface area contributed by atoms with Crippen LogP contribution in [0.15, 0.2) is 12.1 Å². The summed E-state index contributed by atoms with van der Waals surface area (Å²) in [7, 11) is 1.61. The van der Waals surface area contributed by atoms with E-state index in [4.69, 9.17) is 10.1 Å². The minimum absolute atomic E-state index is 0.214. The molecule has 6 heteroatoms. The van der Waals surface area contributed by atoms with Gasteiger partial charge in [0.05, 0.1) is 6.61 Å². The molecule has 1 fully saturated rings. The number of amidine groups is 1. The molecule has 1 saturated heterocycles. The topological polar surface area (TPSA) is 65.4 Å². The molecule has 0 bridgehead atoms. The average molecular weight is 267 g/mol. The molecule has 2 rings (SSSR count). The van der Waals surface area contributed by atoms with Crippen LogP contribution in [-0.2, 0) is 11.2 Å². The minimum Gasteiger partial charge on any atom is -0.383 e. The lowest BCUT2D eigenvalue weighted by Gasteiger charge is -2.21. The van der Waals surface area contributed by atoms with E-state index in [9.17, 15) is 4.79 Å². The average Bonchev–Trinajstić information content (AvgIpc) is 2.91. The molecule has 98 valence electrons. The Labute approximate surface area is 110 Å². The van der Waals surface area contributed by atoms with Gasteiger partial charge in [-0.2, -0.15) is 0 Å². The first-order chi connectivity index (χ1) is 8.67. The molecule has 0 radical (unpaired) electrons. The molecule has 1 aromatic rings. The summed E-state index contributed by atoms with van der Waals surface area (Å²) in [5, 5.41) is 10.5. The van der Waals surface area contributed by atoms with Gasteiger partial charge in [0.1, 0.15) is 11.9 Å². The van der Waals surface area contributed by atoms with Crippen molar-refractivity contribution in [2.45, 2.75) is 19.4 Å². The molecule has 18 heavy (non-hydrogen) atoms. The van der Waals surface area contributed by atoms with Crippen molar-refractivity contribution in [2.75, 3.05) is 20.3 Å². The van der Waals surface area contributed by atoms with Crippen molar-refractivity contribution in [3.05, 3.63) is 21.9 Å². The van der Waals surface area contributed by atoms with Gasteiger partial charge in [0.15, 0.2) is 0 Å². The van der Waals surface area contributed by atoms with Crippen LogP contribution < -0.4 is 5.32 Å². The summed E-state index contributed by atoms with van der Waals surface area (Å²) in [4.78, 5) is 15.7. The van der Waals surface area contributed by atoms with Crippen LogP contribution in [0.2, 0.25) is 0 Å². The Kier molecular flexibility index (Phi) is 3.98. The van der Waals surface area contributed by atoms with E-state index >= 15 is 0 Å². The molecule has 2 amide bonds. The van der Waals surface area contributed by atoms with Gasteiger partial charge in [-0.3, -0.25) is 10.7 Å². The predicted octanol–water partition coefficient (Wildman–Crippen LogP) is 2.00. The Hall–Kier alpha value is -1.40. The van der Waals surface area contributed by atoms with Gasteiger partial charge in [0.2, 0.25) is 0 Å². The number of hydrogen-bond donors (Lipinski definition) is 2. The Morgan fingerprint density at radius 1 is 1.56 bits per heavy atom. The smallest absolute Gasteiger partial charge is 0.323 e. The van der Waals surface area contributed by atoms with Crippen LogP contribution in [0.1, 0.15) is 22.7 Å². The van der Waals surface area contributed by atoms with Crippen molar-refractivity contribution in [3.8, 4) is 0 Å². The Morgan fingerprint density at radius 2 is 2.33 bits per heavy atom. The summed E-state index contributed by atoms with van der Waals surface area (Å²) in [6, 6.07) is 3.57. The fourth-order valence-corrected chi connectivity index (χ4v) is 3.05. The zero-order valence-corrected chi connectivity index (χ0v) is 11.3. The van der Waals surface area contributed by atoms with Gasteiger partial charge in [-0.25, -0.2) is 4.79 Å². The number of methoxy groups -OCH3 is 1. The Balaban J connectivity index is 2.21. The highest BCUT2D eigenvalue weighted by Gasteiger charge is 2.37. The monoisotopic (exact) mass is 267 g/mol. The third-order valence-electron chi connectivity index (χ3n) is 2.92. The van der Waals surface area contributed by atoms with Gasteiger partial charge in [-0.15, -0.1) is 11.3 Å². The molecule has 2 heterocycles. The van der Waals surface area contributed by atoms with E-state index in [2.05, 4.69) is 18.3 Å². The van der Waals surface area contributed by atoms with Gasteiger partial charge < -0.3 is 9.64 Å². The number of carbonyl (C=O) groups excluding carboxylic acids is 1. The summed E-state index contributed by atoms with van der Waals surface area (Å²) in [5.74, 6) is 0.251. The summed E-state index contributed by atoms with van der Waals surface area (Å²) < 4.78 is 5.01. The molecule has 1 atom stereocenters. The second-order valence-electron chi connectivity index (χ2n) is 4.09. The highest BCUT2D eigenvalue weighted by atomic mass is 32.1. The summed E-state index contributed by atoms with van der Waals surface area (Å²) in [6.07, 6.45) is 0.976. The fourth-order valence-electron chi connectivity index (χ4n) is 1.98. The maximum absolute atomic E-state index is 11.8. The molecule has 1 aromatic heterocycles. The van der Waals surface area contributed by atoms with Crippen LogP contribution in [0, 0.1) is 5.41 Å². The third kappa shape index (κ3) is 2.39. The molecule has 2 N–H and O–H groups in total. The van der Waals surface area contributed by atoms with Crippen LogP contribution in [0.4, 0.5) is 4.79 Å². The maximum Gasteiger partial charge on any atom is 0.323 e. The number of nitrogens with zero attached hydrogens (tertiary/aromatic N) is 1.